The molecule has 2 unspecified atom stereocenters. The highest BCUT2D eigenvalue weighted by Gasteiger charge is 2.18. The fourth-order valence-electron chi connectivity index (χ4n) is 1.85. The van der Waals surface area contributed by atoms with Gasteiger partial charge in [-0.05, 0) is 30.5 Å². The standard InChI is InChI=1S/C12H14ClNO2/c1-7(13)12(16)9-2-4-10-8(6-9)3-5-11(15)14-10/h2,4,6-7,12,16H,3,5H2,1H3,(H,14,15). The van der Waals surface area contributed by atoms with Crippen LogP contribution in [0.1, 0.15) is 30.6 Å². The summed E-state index contributed by atoms with van der Waals surface area (Å²) in [6.07, 6.45) is 0.561. The molecule has 1 aliphatic rings. The molecule has 1 aromatic carbocycles. The molecule has 0 radical (unpaired) electrons. The Labute approximate surface area is 99.4 Å². The van der Waals surface area contributed by atoms with Gasteiger partial charge in [-0.25, -0.2) is 0 Å². The largest absolute Gasteiger partial charge is 0.387 e. The van der Waals surface area contributed by atoms with Crippen LogP contribution in [0.4, 0.5) is 5.69 Å². The van der Waals surface area contributed by atoms with E-state index in [1.807, 2.05) is 12.1 Å². The zero-order chi connectivity index (χ0) is 11.7. The quantitative estimate of drug-likeness (QED) is 0.778. The Hall–Kier alpha value is -1.06. The van der Waals surface area contributed by atoms with Gasteiger partial charge in [-0.1, -0.05) is 12.1 Å². The molecule has 2 atom stereocenters. The SMILES string of the molecule is CC(Cl)C(O)c1ccc2c(c1)CCC(=O)N2. The summed E-state index contributed by atoms with van der Waals surface area (Å²) in [7, 11) is 0. The summed E-state index contributed by atoms with van der Waals surface area (Å²) in [4.78, 5) is 11.2. The van der Waals surface area contributed by atoms with Gasteiger partial charge in [-0.3, -0.25) is 4.79 Å². The van der Waals surface area contributed by atoms with Gasteiger partial charge in [0.25, 0.3) is 0 Å². The number of fused-ring (bicyclic) bond motifs is 1. The molecule has 0 bridgehead atoms. The number of anilines is 1. The molecule has 0 saturated carbocycles. The molecule has 2 N–H and O–H groups in total. The average Bonchev–Trinajstić information content (AvgIpc) is 2.27. The zero-order valence-corrected chi connectivity index (χ0v) is 9.79. The third kappa shape index (κ3) is 2.20. The van der Waals surface area contributed by atoms with Gasteiger partial charge in [0.2, 0.25) is 5.91 Å². The lowest BCUT2D eigenvalue weighted by atomic mass is 9.97. The second-order valence-corrected chi connectivity index (χ2v) is 4.78. The molecular formula is C12H14ClNO2. The van der Waals surface area contributed by atoms with E-state index in [-0.39, 0.29) is 11.3 Å². The van der Waals surface area contributed by atoms with Crippen molar-refractivity contribution in [3.63, 3.8) is 0 Å². The Morgan fingerprint density at radius 2 is 2.19 bits per heavy atom. The molecule has 0 aliphatic carbocycles. The van der Waals surface area contributed by atoms with E-state index in [9.17, 15) is 9.90 Å². The van der Waals surface area contributed by atoms with E-state index in [0.29, 0.717) is 6.42 Å². The summed E-state index contributed by atoms with van der Waals surface area (Å²) in [5.74, 6) is 0.0477. The van der Waals surface area contributed by atoms with Crippen molar-refractivity contribution in [1.29, 1.82) is 0 Å². The van der Waals surface area contributed by atoms with E-state index < -0.39 is 6.10 Å². The summed E-state index contributed by atoms with van der Waals surface area (Å²) in [5.41, 5.74) is 2.71. The molecule has 0 fully saturated rings. The van der Waals surface area contributed by atoms with Gasteiger partial charge in [-0.2, -0.15) is 0 Å². The van der Waals surface area contributed by atoms with Crippen molar-refractivity contribution in [2.45, 2.75) is 31.2 Å². The normalized spacial score (nSPS) is 18.6. The topological polar surface area (TPSA) is 49.3 Å². The number of carbonyl (C=O) groups is 1. The molecule has 86 valence electrons. The molecule has 1 heterocycles. The highest BCUT2D eigenvalue weighted by molar-refractivity contribution is 6.20. The number of halogens is 1. The number of rotatable bonds is 2. The van der Waals surface area contributed by atoms with Crippen LogP contribution >= 0.6 is 11.6 Å². The number of carbonyl (C=O) groups excluding carboxylic acids is 1. The van der Waals surface area contributed by atoms with Gasteiger partial charge >= 0.3 is 0 Å². The Morgan fingerprint density at radius 3 is 2.88 bits per heavy atom. The van der Waals surface area contributed by atoms with Crippen LogP contribution in [0, 0.1) is 0 Å². The van der Waals surface area contributed by atoms with Gasteiger partial charge in [0, 0.05) is 12.1 Å². The van der Waals surface area contributed by atoms with Crippen molar-refractivity contribution in [1.82, 2.24) is 0 Å². The van der Waals surface area contributed by atoms with E-state index in [1.165, 1.54) is 0 Å². The first-order chi connectivity index (χ1) is 7.58. The number of aliphatic hydroxyl groups is 1. The molecule has 0 aromatic heterocycles. The van der Waals surface area contributed by atoms with Crippen LogP contribution in [-0.4, -0.2) is 16.4 Å². The number of hydrogen-bond donors (Lipinski definition) is 2. The number of amides is 1. The van der Waals surface area contributed by atoms with Crippen LogP contribution in [-0.2, 0) is 11.2 Å². The molecule has 4 heteroatoms. The van der Waals surface area contributed by atoms with Gasteiger partial charge in [0.15, 0.2) is 0 Å². The molecule has 16 heavy (non-hydrogen) atoms. The number of aliphatic hydroxyl groups excluding tert-OH is 1. The second-order valence-electron chi connectivity index (χ2n) is 4.09. The summed E-state index contributed by atoms with van der Waals surface area (Å²) >= 11 is 5.85. The van der Waals surface area contributed by atoms with E-state index in [2.05, 4.69) is 5.32 Å². The Balaban J connectivity index is 2.29. The molecule has 1 amide bonds. The maximum Gasteiger partial charge on any atom is 0.224 e. The molecule has 0 saturated heterocycles. The van der Waals surface area contributed by atoms with Crippen LogP contribution in [0.25, 0.3) is 0 Å². The number of benzene rings is 1. The van der Waals surface area contributed by atoms with Crippen molar-refractivity contribution in [3.8, 4) is 0 Å². The Morgan fingerprint density at radius 1 is 1.44 bits per heavy atom. The minimum atomic E-state index is -0.662. The fraction of sp³-hybridized carbons (Fsp3) is 0.417. The van der Waals surface area contributed by atoms with Crippen molar-refractivity contribution in [3.05, 3.63) is 29.3 Å². The van der Waals surface area contributed by atoms with Crippen LogP contribution in [0.5, 0.6) is 0 Å². The summed E-state index contributed by atoms with van der Waals surface area (Å²) < 4.78 is 0. The third-order valence-electron chi connectivity index (χ3n) is 2.80. The first-order valence-electron chi connectivity index (χ1n) is 5.33. The maximum atomic E-state index is 11.2. The second kappa shape index (κ2) is 4.44. The van der Waals surface area contributed by atoms with E-state index in [0.717, 1.165) is 23.2 Å². The molecule has 2 rings (SSSR count). The molecule has 1 aromatic rings. The lowest BCUT2D eigenvalue weighted by molar-refractivity contribution is -0.116. The van der Waals surface area contributed by atoms with Gasteiger partial charge in [0.1, 0.15) is 0 Å². The van der Waals surface area contributed by atoms with E-state index in [4.69, 9.17) is 11.6 Å². The first kappa shape index (κ1) is 11.4. The lowest BCUT2D eigenvalue weighted by Crippen LogP contribution is -2.19. The van der Waals surface area contributed by atoms with Crippen LogP contribution in [0.3, 0.4) is 0 Å². The predicted molar refractivity (Wildman–Crippen MR) is 63.7 cm³/mol. The van der Waals surface area contributed by atoms with Gasteiger partial charge in [-0.15, -0.1) is 11.6 Å². The smallest absolute Gasteiger partial charge is 0.224 e. The summed E-state index contributed by atoms with van der Waals surface area (Å²) in [6, 6.07) is 5.54. The molecule has 1 aliphatic heterocycles. The molecule has 0 spiro atoms. The Bertz CT molecular complexity index is 417. The Kier molecular flexibility index (Phi) is 3.17. The highest BCUT2D eigenvalue weighted by atomic mass is 35.5. The zero-order valence-electron chi connectivity index (χ0n) is 9.03. The number of aryl methyl sites for hydroxylation is 1. The number of hydrogen-bond acceptors (Lipinski definition) is 2. The van der Waals surface area contributed by atoms with Gasteiger partial charge in [0.05, 0.1) is 11.5 Å². The maximum absolute atomic E-state index is 11.2. The van der Waals surface area contributed by atoms with Crippen molar-refractivity contribution >= 4 is 23.2 Å². The fourth-order valence-corrected chi connectivity index (χ4v) is 2.00. The lowest BCUT2D eigenvalue weighted by Gasteiger charge is -2.20. The highest BCUT2D eigenvalue weighted by Crippen LogP contribution is 2.28. The minimum absolute atomic E-state index is 0.0477. The average molecular weight is 240 g/mol. The van der Waals surface area contributed by atoms with Crippen LogP contribution < -0.4 is 5.32 Å². The molecule has 3 nitrogen and oxygen atoms in total. The van der Waals surface area contributed by atoms with Crippen molar-refractivity contribution in [2.24, 2.45) is 0 Å². The third-order valence-corrected chi connectivity index (χ3v) is 3.04. The minimum Gasteiger partial charge on any atom is -0.387 e. The van der Waals surface area contributed by atoms with E-state index in [1.54, 1.807) is 13.0 Å². The summed E-state index contributed by atoms with van der Waals surface area (Å²) in [5, 5.41) is 12.3. The monoisotopic (exact) mass is 239 g/mol. The predicted octanol–water partition coefficient (Wildman–Crippen LogP) is 2.23. The van der Waals surface area contributed by atoms with E-state index >= 15 is 0 Å². The number of nitrogens with one attached hydrogen (secondary N) is 1. The van der Waals surface area contributed by atoms with Crippen LogP contribution in [0.15, 0.2) is 18.2 Å². The van der Waals surface area contributed by atoms with Crippen molar-refractivity contribution < 1.29 is 9.90 Å². The molecular weight excluding hydrogens is 226 g/mol. The van der Waals surface area contributed by atoms with Crippen molar-refractivity contribution in [2.75, 3.05) is 5.32 Å². The van der Waals surface area contributed by atoms with Gasteiger partial charge < -0.3 is 10.4 Å². The summed E-state index contributed by atoms with van der Waals surface area (Å²) in [6.45, 7) is 1.76. The first-order valence-corrected chi connectivity index (χ1v) is 5.76. The number of alkyl halides is 1. The van der Waals surface area contributed by atoms with Crippen LogP contribution in [0.2, 0.25) is 0 Å².